The summed E-state index contributed by atoms with van der Waals surface area (Å²) in [6.07, 6.45) is 5.05. The summed E-state index contributed by atoms with van der Waals surface area (Å²) in [6, 6.07) is 9.29. The molecule has 3 rings (SSSR count). The lowest BCUT2D eigenvalue weighted by Crippen LogP contribution is -2.35. The number of aromatic amines is 2. The second-order valence-corrected chi connectivity index (χ2v) is 5.98. The van der Waals surface area contributed by atoms with E-state index in [1.807, 2.05) is 41.1 Å². The lowest BCUT2D eigenvalue weighted by molar-refractivity contribution is -0.121. The van der Waals surface area contributed by atoms with Crippen LogP contribution in [0.1, 0.15) is 22.9 Å². The van der Waals surface area contributed by atoms with Crippen LogP contribution >= 0.6 is 0 Å². The largest absolute Gasteiger partial charge is 0.347 e. The number of carbonyl (C=O) groups is 1. The summed E-state index contributed by atoms with van der Waals surface area (Å²) in [5.74, 6) is -0.306. The van der Waals surface area contributed by atoms with Crippen molar-refractivity contribution in [2.24, 2.45) is 0 Å². The summed E-state index contributed by atoms with van der Waals surface area (Å²) >= 11 is 0. The highest BCUT2D eigenvalue weighted by Crippen LogP contribution is 2.15. The van der Waals surface area contributed by atoms with Crippen LogP contribution in [0.15, 0.2) is 58.6 Å². The molecule has 0 aliphatic carbocycles. The van der Waals surface area contributed by atoms with Crippen molar-refractivity contribution in [3.8, 4) is 0 Å². The van der Waals surface area contributed by atoms with Crippen LogP contribution in [0.25, 0.3) is 0 Å². The van der Waals surface area contributed by atoms with Crippen molar-refractivity contribution >= 4 is 5.91 Å². The van der Waals surface area contributed by atoms with E-state index in [1.54, 1.807) is 19.4 Å². The Morgan fingerprint density at radius 3 is 2.65 bits per heavy atom. The fraction of sp³-hybridized carbons (Fsp3) is 0.222. The lowest BCUT2D eigenvalue weighted by atomic mass is 10.1. The Balaban J connectivity index is 1.79. The monoisotopic (exact) mass is 353 g/mol. The van der Waals surface area contributed by atoms with Gasteiger partial charge in [0.25, 0.3) is 5.56 Å². The Kier molecular flexibility index (Phi) is 5.12. The molecular weight excluding hydrogens is 334 g/mol. The first kappa shape index (κ1) is 17.4. The number of amides is 1. The van der Waals surface area contributed by atoms with E-state index in [0.29, 0.717) is 12.2 Å². The number of H-pyrrole nitrogens is 2. The highest BCUT2D eigenvalue weighted by molar-refractivity contribution is 5.79. The van der Waals surface area contributed by atoms with E-state index in [1.165, 1.54) is 0 Å². The van der Waals surface area contributed by atoms with Crippen molar-refractivity contribution in [2.75, 3.05) is 0 Å². The normalized spacial score (nSPS) is 11.9. The van der Waals surface area contributed by atoms with Crippen molar-refractivity contribution in [3.05, 3.63) is 86.7 Å². The van der Waals surface area contributed by atoms with E-state index < -0.39 is 11.2 Å². The van der Waals surface area contributed by atoms with E-state index in [-0.39, 0.29) is 23.9 Å². The molecule has 0 saturated carbocycles. The Morgan fingerprint density at radius 1 is 1.23 bits per heavy atom. The first-order valence-electron chi connectivity index (χ1n) is 8.15. The number of imidazole rings is 1. The number of aryl methyl sites for hydroxylation is 1. The summed E-state index contributed by atoms with van der Waals surface area (Å²) < 4.78 is 1.87. The van der Waals surface area contributed by atoms with Gasteiger partial charge in [0.05, 0.1) is 18.8 Å². The Bertz CT molecular complexity index is 990. The third-order valence-electron chi connectivity index (χ3n) is 4.08. The second kappa shape index (κ2) is 7.64. The van der Waals surface area contributed by atoms with E-state index in [2.05, 4.69) is 20.3 Å². The molecule has 0 fully saturated rings. The average molecular weight is 353 g/mol. The molecular formula is C18H19N5O3. The van der Waals surface area contributed by atoms with Crippen LogP contribution < -0.4 is 16.6 Å². The van der Waals surface area contributed by atoms with Crippen molar-refractivity contribution in [1.29, 1.82) is 0 Å². The predicted octanol–water partition coefficient (Wildman–Crippen LogP) is 0.668. The second-order valence-electron chi connectivity index (χ2n) is 5.98. The van der Waals surface area contributed by atoms with Crippen molar-refractivity contribution < 1.29 is 4.79 Å². The fourth-order valence-corrected chi connectivity index (χ4v) is 2.77. The maximum absolute atomic E-state index is 12.5. The van der Waals surface area contributed by atoms with Crippen LogP contribution in [0.2, 0.25) is 0 Å². The molecule has 1 amide bonds. The predicted molar refractivity (Wildman–Crippen MR) is 95.7 cm³/mol. The molecule has 0 unspecified atom stereocenters. The molecule has 2 heterocycles. The number of hydrogen-bond donors (Lipinski definition) is 3. The summed E-state index contributed by atoms with van der Waals surface area (Å²) in [7, 11) is 0. The smallest absolute Gasteiger partial charge is 0.325 e. The van der Waals surface area contributed by atoms with Crippen LogP contribution in [0.3, 0.4) is 0 Å². The van der Waals surface area contributed by atoms with Crippen LogP contribution in [0.4, 0.5) is 0 Å². The summed E-state index contributed by atoms with van der Waals surface area (Å²) in [4.78, 5) is 44.4. The first-order valence-corrected chi connectivity index (χ1v) is 8.15. The highest BCUT2D eigenvalue weighted by atomic mass is 16.2. The zero-order valence-electron chi connectivity index (χ0n) is 14.2. The third kappa shape index (κ3) is 4.15. The minimum absolute atomic E-state index is 0.120. The van der Waals surface area contributed by atoms with E-state index in [9.17, 15) is 14.4 Å². The average Bonchev–Trinajstić information content (AvgIpc) is 3.11. The number of nitrogens with one attached hydrogen (secondary N) is 3. The highest BCUT2D eigenvalue weighted by Gasteiger charge is 2.17. The van der Waals surface area contributed by atoms with E-state index in [4.69, 9.17) is 0 Å². The number of aromatic nitrogens is 4. The number of rotatable bonds is 6. The van der Waals surface area contributed by atoms with Gasteiger partial charge in [0, 0.05) is 30.2 Å². The molecule has 1 aromatic carbocycles. The molecule has 0 aliphatic heterocycles. The molecule has 8 heteroatoms. The SMILES string of the molecule is Cc1[nH]c(=O)[nH]c(=O)c1CC(=O)N[C@@H](Cn1ccnc1)c1ccccc1. The van der Waals surface area contributed by atoms with Crippen LogP contribution in [0, 0.1) is 6.92 Å². The molecule has 2 aromatic heterocycles. The van der Waals surface area contributed by atoms with Crippen LogP contribution in [0.5, 0.6) is 0 Å². The van der Waals surface area contributed by atoms with Crippen LogP contribution in [-0.2, 0) is 17.8 Å². The fourth-order valence-electron chi connectivity index (χ4n) is 2.77. The van der Waals surface area contributed by atoms with Crippen molar-refractivity contribution in [2.45, 2.75) is 25.9 Å². The van der Waals surface area contributed by atoms with Gasteiger partial charge in [-0.05, 0) is 12.5 Å². The standard InChI is InChI=1S/C18H19N5O3/c1-12-14(17(25)22-18(26)20-12)9-16(24)21-15(10-23-8-7-19-11-23)13-5-3-2-4-6-13/h2-8,11,15H,9-10H2,1H3,(H,21,24)(H2,20,22,25,26)/t15-/m0/s1. The molecule has 3 aromatic rings. The molecule has 0 radical (unpaired) electrons. The summed E-state index contributed by atoms with van der Waals surface area (Å²) in [6.45, 7) is 2.11. The van der Waals surface area contributed by atoms with Gasteiger partial charge in [-0.15, -0.1) is 0 Å². The van der Waals surface area contributed by atoms with E-state index >= 15 is 0 Å². The maximum Gasteiger partial charge on any atom is 0.325 e. The van der Waals surface area contributed by atoms with Gasteiger partial charge in [-0.2, -0.15) is 0 Å². The Morgan fingerprint density at radius 2 is 2.00 bits per heavy atom. The number of nitrogens with zero attached hydrogens (tertiary/aromatic N) is 2. The van der Waals surface area contributed by atoms with Gasteiger partial charge in [0.15, 0.2) is 0 Å². The zero-order chi connectivity index (χ0) is 18.5. The molecule has 0 aliphatic rings. The van der Waals surface area contributed by atoms with Gasteiger partial charge in [0.1, 0.15) is 0 Å². The quantitative estimate of drug-likeness (QED) is 0.604. The molecule has 1 atom stereocenters. The number of carbonyl (C=O) groups excluding carboxylic acids is 1. The Labute approximate surface area is 148 Å². The van der Waals surface area contributed by atoms with Gasteiger partial charge >= 0.3 is 5.69 Å². The topological polar surface area (TPSA) is 113 Å². The van der Waals surface area contributed by atoms with Gasteiger partial charge in [-0.25, -0.2) is 9.78 Å². The first-order chi connectivity index (χ1) is 12.5. The third-order valence-corrected chi connectivity index (χ3v) is 4.08. The Hall–Kier alpha value is -3.42. The number of benzene rings is 1. The molecule has 3 N–H and O–H groups in total. The van der Waals surface area contributed by atoms with Gasteiger partial charge in [-0.1, -0.05) is 30.3 Å². The summed E-state index contributed by atoms with van der Waals surface area (Å²) in [5, 5.41) is 2.96. The molecule has 134 valence electrons. The van der Waals surface area contributed by atoms with Gasteiger partial charge < -0.3 is 14.9 Å². The van der Waals surface area contributed by atoms with Crippen molar-refractivity contribution in [3.63, 3.8) is 0 Å². The minimum atomic E-state index is -0.584. The minimum Gasteiger partial charge on any atom is -0.347 e. The molecule has 0 bridgehead atoms. The lowest BCUT2D eigenvalue weighted by Gasteiger charge is -2.20. The molecule has 8 nitrogen and oxygen atoms in total. The summed E-state index contributed by atoms with van der Waals surface area (Å²) in [5.41, 5.74) is 0.448. The zero-order valence-corrected chi connectivity index (χ0v) is 14.2. The van der Waals surface area contributed by atoms with Crippen LogP contribution in [-0.4, -0.2) is 25.4 Å². The van der Waals surface area contributed by atoms with E-state index in [0.717, 1.165) is 5.56 Å². The maximum atomic E-state index is 12.5. The molecule has 26 heavy (non-hydrogen) atoms. The van der Waals surface area contributed by atoms with Gasteiger partial charge in [-0.3, -0.25) is 14.6 Å². The van der Waals surface area contributed by atoms with Gasteiger partial charge in [0.2, 0.25) is 5.91 Å². The van der Waals surface area contributed by atoms with Crippen molar-refractivity contribution in [1.82, 2.24) is 24.8 Å². The molecule has 0 saturated heterocycles. The molecule has 0 spiro atoms. The number of hydrogen-bond acceptors (Lipinski definition) is 4.